The van der Waals surface area contributed by atoms with Crippen molar-refractivity contribution in [2.24, 2.45) is 0 Å². The van der Waals surface area contributed by atoms with E-state index in [0.29, 0.717) is 11.4 Å². The van der Waals surface area contributed by atoms with Crippen LogP contribution in [0.2, 0.25) is 0 Å². The molecule has 2 nitrogen and oxygen atoms in total. The lowest BCUT2D eigenvalue weighted by Crippen LogP contribution is -1.94. The first-order chi connectivity index (χ1) is 5.24. The largest absolute Gasteiger partial charge is 0.397 e. The monoisotopic (exact) mass is 146 g/mol. The molecule has 1 rings (SSSR count). The van der Waals surface area contributed by atoms with E-state index in [1.54, 1.807) is 19.1 Å². The molecule has 11 heavy (non-hydrogen) atoms. The van der Waals surface area contributed by atoms with Gasteiger partial charge in [-0.25, -0.2) is 0 Å². The fraction of sp³-hybridized carbons (Fsp3) is 0.111. The maximum atomic E-state index is 5.56. The molecule has 0 bridgehead atoms. The average Bonchev–Trinajstić information content (AvgIpc) is 1.98. The SMILES string of the molecule is CC#Cc1ccc(N)c(N)c1. The van der Waals surface area contributed by atoms with Crippen LogP contribution in [-0.4, -0.2) is 0 Å². The second kappa shape index (κ2) is 2.98. The summed E-state index contributed by atoms with van der Waals surface area (Å²) in [6, 6.07) is 5.38. The van der Waals surface area contributed by atoms with Crippen LogP contribution in [0.1, 0.15) is 12.5 Å². The second-order valence-electron chi connectivity index (χ2n) is 2.22. The van der Waals surface area contributed by atoms with E-state index in [0.717, 1.165) is 5.56 Å². The fourth-order valence-electron chi connectivity index (χ4n) is 0.797. The van der Waals surface area contributed by atoms with Crippen molar-refractivity contribution in [3.63, 3.8) is 0 Å². The first-order valence-corrected chi connectivity index (χ1v) is 3.32. The number of hydrogen-bond donors (Lipinski definition) is 2. The van der Waals surface area contributed by atoms with Crippen molar-refractivity contribution in [3.05, 3.63) is 23.8 Å². The fourth-order valence-corrected chi connectivity index (χ4v) is 0.797. The van der Waals surface area contributed by atoms with Crippen molar-refractivity contribution in [1.82, 2.24) is 0 Å². The van der Waals surface area contributed by atoms with Gasteiger partial charge in [-0.05, 0) is 25.1 Å². The summed E-state index contributed by atoms with van der Waals surface area (Å²) in [5.74, 6) is 5.67. The Labute approximate surface area is 66.2 Å². The van der Waals surface area contributed by atoms with Gasteiger partial charge in [0.2, 0.25) is 0 Å². The van der Waals surface area contributed by atoms with Crippen LogP contribution in [0.4, 0.5) is 11.4 Å². The van der Waals surface area contributed by atoms with Crippen LogP contribution in [-0.2, 0) is 0 Å². The Morgan fingerprint density at radius 2 is 1.91 bits per heavy atom. The molecule has 0 spiro atoms. The highest BCUT2D eigenvalue weighted by atomic mass is 14.7. The van der Waals surface area contributed by atoms with E-state index in [4.69, 9.17) is 11.5 Å². The van der Waals surface area contributed by atoms with Crippen LogP contribution in [0, 0.1) is 11.8 Å². The van der Waals surface area contributed by atoms with Crippen molar-refractivity contribution in [1.29, 1.82) is 0 Å². The summed E-state index contributed by atoms with van der Waals surface area (Å²) in [5.41, 5.74) is 13.2. The Morgan fingerprint density at radius 3 is 2.45 bits per heavy atom. The number of nitrogens with two attached hydrogens (primary N) is 2. The first-order valence-electron chi connectivity index (χ1n) is 3.32. The Bertz CT molecular complexity index is 318. The van der Waals surface area contributed by atoms with Crippen LogP contribution >= 0.6 is 0 Å². The summed E-state index contributed by atoms with van der Waals surface area (Å²) in [4.78, 5) is 0. The predicted octanol–water partition coefficient (Wildman–Crippen LogP) is 1.22. The quantitative estimate of drug-likeness (QED) is 0.427. The molecule has 4 N–H and O–H groups in total. The molecule has 0 amide bonds. The van der Waals surface area contributed by atoms with Gasteiger partial charge in [-0.2, -0.15) is 0 Å². The summed E-state index contributed by atoms with van der Waals surface area (Å²) in [7, 11) is 0. The van der Waals surface area contributed by atoms with Gasteiger partial charge in [-0.3, -0.25) is 0 Å². The van der Waals surface area contributed by atoms with E-state index < -0.39 is 0 Å². The molecule has 1 aromatic carbocycles. The minimum absolute atomic E-state index is 0.588. The zero-order valence-electron chi connectivity index (χ0n) is 6.39. The Balaban J connectivity index is 3.12. The van der Waals surface area contributed by atoms with Crippen LogP contribution in [0.3, 0.4) is 0 Å². The van der Waals surface area contributed by atoms with Gasteiger partial charge in [-0.1, -0.05) is 5.92 Å². The van der Waals surface area contributed by atoms with Crippen LogP contribution < -0.4 is 11.5 Å². The molecule has 0 atom stereocenters. The lowest BCUT2D eigenvalue weighted by molar-refractivity contribution is 1.62. The van der Waals surface area contributed by atoms with Crippen molar-refractivity contribution in [2.45, 2.75) is 6.92 Å². The molecule has 0 radical (unpaired) electrons. The van der Waals surface area contributed by atoms with E-state index in [2.05, 4.69) is 11.8 Å². The molecular weight excluding hydrogens is 136 g/mol. The molecule has 0 fully saturated rings. The minimum atomic E-state index is 0.588. The third-order valence-electron chi connectivity index (χ3n) is 1.36. The molecule has 0 aliphatic carbocycles. The van der Waals surface area contributed by atoms with Crippen LogP contribution in [0.5, 0.6) is 0 Å². The summed E-state index contributed by atoms with van der Waals surface area (Å²) in [6.45, 7) is 1.78. The van der Waals surface area contributed by atoms with Gasteiger partial charge in [0.05, 0.1) is 11.4 Å². The van der Waals surface area contributed by atoms with Gasteiger partial charge >= 0.3 is 0 Å². The Hall–Kier alpha value is -1.62. The topological polar surface area (TPSA) is 52.0 Å². The molecule has 0 aromatic heterocycles. The van der Waals surface area contributed by atoms with E-state index in [-0.39, 0.29) is 0 Å². The van der Waals surface area contributed by atoms with Gasteiger partial charge in [0.1, 0.15) is 0 Å². The lowest BCUT2D eigenvalue weighted by atomic mass is 10.2. The van der Waals surface area contributed by atoms with Gasteiger partial charge < -0.3 is 11.5 Å². The molecule has 0 heterocycles. The van der Waals surface area contributed by atoms with Crippen molar-refractivity contribution >= 4 is 11.4 Å². The van der Waals surface area contributed by atoms with Crippen molar-refractivity contribution in [3.8, 4) is 11.8 Å². The maximum absolute atomic E-state index is 5.56. The summed E-state index contributed by atoms with van der Waals surface area (Å²) < 4.78 is 0. The highest BCUT2D eigenvalue weighted by molar-refractivity contribution is 5.65. The molecule has 1 aromatic rings. The number of rotatable bonds is 0. The van der Waals surface area contributed by atoms with Crippen molar-refractivity contribution in [2.75, 3.05) is 11.5 Å². The smallest absolute Gasteiger partial charge is 0.0560 e. The van der Waals surface area contributed by atoms with Crippen LogP contribution in [0.25, 0.3) is 0 Å². The molecular formula is C9H10N2. The number of nitrogen functional groups attached to an aromatic ring is 2. The normalized spacial score (nSPS) is 8.45. The molecule has 0 aliphatic rings. The van der Waals surface area contributed by atoms with Gasteiger partial charge in [-0.15, -0.1) is 5.92 Å². The number of benzene rings is 1. The molecule has 56 valence electrons. The van der Waals surface area contributed by atoms with Gasteiger partial charge in [0, 0.05) is 5.56 Å². The highest BCUT2D eigenvalue weighted by Gasteiger charge is 1.92. The summed E-state index contributed by atoms with van der Waals surface area (Å²) in [5, 5.41) is 0. The lowest BCUT2D eigenvalue weighted by Gasteiger charge is -1.98. The van der Waals surface area contributed by atoms with Crippen molar-refractivity contribution < 1.29 is 0 Å². The third-order valence-corrected chi connectivity index (χ3v) is 1.36. The minimum Gasteiger partial charge on any atom is -0.397 e. The first kappa shape index (κ1) is 7.49. The summed E-state index contributed by atoms with van der Waals surface area (Å²) in [6.07, 6.45) is 0. The second-order valence-corrected chi connectivity index (χ2v) is 2.22. The zero-order chi connectivity index (χ0) is 8.27. The predicted molar refractivity (Wildman–Crippen MR) is 47.8 cm³/mol. The van der Waals surface area contributed by atoms with E-state index >= 15 is 0 Å². The Kier molecular flexibility index (Phi) is 2.03. The molecule has 0 saturated heterocycles. The van der Waals surface area contributed by atoms with E-state index in [1.807, 2.05) is 6.07 Å². The van der Waals surface area contributed by atoms with Gasteiger partial charge in [0.25, 0.3) is 0 Å². The van der Waals surface area contributed by atoms with E-state index in [9.17, 15) is 0 Å². The standard InChI is InChI=1S/C9H10N2/c1-2-3-7-4-5-8(10)9(11)6-7/h4-6H,10-11H2,1H3. The molecule has 2 heteroatoms. The zero-order valence-corrected chi connectivity index (χ0v) is 6.39. The molecule has 0 aliphatic heterocycles. The number of anilines is 2. The third kappa shape index (κ3) is 1.65. The summed E-state index contributed by atoms with van der Waals surface area (Å²) >= 11 is 0. The highest BCUT2D eigenvalue weighted by Crippen LogP contribution is 2.14. The van der Waals surface area contributed by atoms with E-state index in [1.165, 1.54) is 0 Å². The Morgan fingerprint density at radius 1 is 1.18 bits per heavy atom. The average molecular weight is 146 g/mol. The number of hydrogen-bond acceptors (Lipinski definition) is 2. The maximum Gasteiger partial charge on any atom is 0.0560 e. The van der Waals surface area contributed by atoms with Crippen LogP contribution in [0.15, 0.2) is 18.2 Å². The van der Waals surface area contributed by atoms with Gasteiger partial charge in [0.15, 0.2) is 0 Å². The molecule has 0 unspecified atom stereocenters. The molecule has 0 saturated carbocycles.